The van der Waals surface area contributed by atoms with Gasteiger partial charge in [-0.05, 0) is 26.0 Å². The fraction of sp³-hybridized carbons (Fsp3) is 0.278. The van der Waals surface area contributed by atoms with Gasteiger partial charge in [0, 0.05) is 29.6 Å². The molecule has 0 saturated heterocycles. The summed E-state index contributed by atoms with van der Waals surface area (Å²) in [5.74, 6) is 0.910. The minimum absolute atomic E-state index is 0.118. The standard InChI is InChI=1S/C18H20N4O2/c1-11(16-12(2)22-24-13(16)3)10-20-18(23)21-15-8-4-6-14-7-5-9-19-17(14)15/h4-9,11H,10H2,1-3H3,(H2,20,21,23)/t11-/m1/s1. The van der Waals surface area contributed by atoms with Gasteiger partial charge in [-0.1, -0.05) is 30.3 Å². The Balaban J connectivity index is 1.65. The van der Waals surface area contributed by atoms with Crippen molar-refractivity contribution in [2.24, 2.45) is 0 Å². The molecule has 0 aliphatic carbocycles. The van der Waals surface area contributed by atoms with E-state index in [2.05, 4.69) is 20.8 Å². The van der Waals surface area contributed by atoms with Crippen molar-refractivity contribution < 1.29 is 9.32 Å². The van der Waals surface area contributed by atoms with Crippen molar-refractivity contribution in [3.8, 4) is 0 Å². The summed E-state index contributed by atoms with van der Waals surface area (Å²) in [6.07, 6.45) is 1.71. The number of carbonyl (C=O) groups is 1. The highest BCUT2D eigenvalue weighted by molar-refractivity contribution is 5.99. The monoisotopic (exact) mass is 324 g/mol. The summed E-state index contributed by atoms with van der Waals surface area (Å²) in [4.78, 5) is 16.5. The number of aromatic nitrogens is 2. The van der Waals surface area contributed by atoms with Crippen LogP contribution in [0.5, 0.6) is 0 Å². The normalized spacial score (nSPS) is 12.1. The summed E-state index contributed by atoms with van der Waals surface area (Å²) in [7, 11) is 0. The molecule has 0 radical (unpaired) electrons. The summed E-state index contributed by atoms with van der Waals surface area (Å²) in [5, 5.41) is 10.7. The topological polar surface area (TPSA) is 80.0 Å². The zero-order valence-corrected chi connectivity index (χ0v) is 14.0. The lowest BCUT2D eigenvalue weighted by molar-refractivity contribution is 0.251. The molecule has 2 amide bonds. The van der Waals surface area contributed by atoms with E-state index in [0.29, 0.717) is 12.2 Å². The summed E-state index contributed by atoms with van der Waals surface area (Å²) < 4.78 is 5.18. The van der Waals surface area contributed by atoms with Crippen molar-refractivity contribution in [2.75, 3.05) is 11.9 Å². The van der Waals surface area contributed by atoms with Crippen molar-refractivity contribution in [3.63, 3.8) is 0 Å². The van der Waals surface area contributed by atoms with E-state index >= 15 is 0 Å². The largest absolute Gasteiger partial charge is 0.361 e. The molecule has 0 fully saturated rings. The molecular weight excluding hydrogens is 304 g/mol. The van der Waals surface area contributed by atoms with Crippen LogP contribution in [-0.2, 0) is 0 Å². The van der Waals surface area contributed by atoms with E-state index in [0.717, 1.165) is 27.9 Å². The number of carbonyl (C=O) groups excluding carboxylic acids is 1. The molecule has 3 aromatic rings. The Morgan fingerprint density at radius 1 is 1.25 bits per heavy atom. The first-order valence-electron chi connectivity index (χ1n) is 7.87. The van der Waals surface area contributed by atoms with Gasteiger partial charge in [0.15, 0.2) is 0 Å². The Labute approximate surface area is 140 Å². The summed E-state index contributed by atoms with van der Waals surface area (Å²) >= 11 is 0. The molecule has 1 atom stereocenters. The van der Waals surface area contributed by atoms with E-state index in [9.17, 15) is 4.79 Å². The molecule has 6 nitrogen and oxygen atoms in total. The van der Waals surface area contributed by atoms with E-state index in [-0.39, 0.29) is 11.9 Å². The molecule has 2 aromatic heterocycles. The first kappa shape index (κ1) is 16.0. The number of hydrogen-bond acceptors (Lipinski definition) is 4. The summed E-state index contributed by atoms with van der Waals surface area (Å²) in [5.41, 5.74) is 3.37. The first-order chi connectivity index (χ1) is 11.6. The second-order valence-corrected chi connectivity index (χ2v) is 5.85. The van der Waals surface area contributed by atoms with Gasteiger partial charge in [-0.15, -0.1) is 0 Å². The Morgan fingerprint density at radius 2 is 2.04 bits per heavy atom. The number of para-hydroxylation sites is 1. The summed E-state index contributed by atoms with van der Waals surface area (Å²) in [6.45, 7) is 6.32. The number of hydrogen-bond donors (Lipinski definition) is 2. The lowest BCUT2D eigenvalue weighted by Crippen LogP contribution is -2.32. The van der Waals surface area contributed by atoms with Crippen molar-refractivity contribution in [1.29, 1.82) is 0 Å². The highest BCUT2D eigenvalue weighted by Crippen LogP contribution is 2.23. The Morgan fingerprint density at radius 3 is 2.79 bits per heavy atom. The van der Waals surface area contributed by atoms with Crippen LogP contribution in [-0.4, -0.2) is 22.7 Å². The van der Waals surface area contributed by atoms with Crippen LogP contribution in [0.3, 0.4) is 0 Å². The fourth-order valence-electron chi connectivity index (χ4n) is 2.91. The number of anilines is 1. The minimum Gasteiger partial charge on any atom is -0.361 e. The minimum atomic E-state index is -0.258. The van der Waals surface area contributed by atoms with E-state index in [1.807, 2.05) is 51.1 Å². The Hall–Kier alpha value is -2.89. The molecule has 0 aliphatic rings. The lowest BCUT2D eigenvalue weighted by Gasteiger charge is -2.14. The number of aryl methyl sites for hydroxylation is 2. The molecule has 1 aromatic carbocycles. The van der Waals surface area contributed by atoms with Crippen LogP contribution in [0.2, 0.25) is 0 Å². The van der Waals surface area contributed by atoms with Gasteiger partial charge in [-0.2, -0.15) is 0 Å². The molecule has 2 N–H and O–H groups in total. The number of fused-ring (bicyclic) bond motifs is 1. The van der Waals surface area contributed by atoms with Gasteiger partial charge < -0.3 is 15.2 Å². The number of nitrogens with one attached hydrogen (secondary N) is 2. The zero-order valence-electron chi connectivity index (χ0n) is 14.0. The summed E-state index contributed by atoms with van der Waals surface area (Å²) in [6, 6.07) is 9.28. The van der Waals surface area contributed by atoms with Crippen molar-refractivity contribution in [2.45, 2.75) is 26.7 Å². The van der Waals surface area contributed by atoms with E-state index in [1.54, 1.807) is 6.20 Å². The van der Waals surface area contributed by atoms with Gasteiger partial charge in [-0.25, -0.2) is 4.79 Å². The second kappa shape index (κ2) is 6.70. The van der Waals surface area contributed by atoms with Crippen LogP contribution in [0, 0.1) is 13.8 Å². The highest BCUT2D eigenvalue weighted by atomic mass is 16.5. The van der Waals surface area contributed by atoms with E-state index < -0.39 is 0 Å². The van der Waals surface area contributed by atoms with Gasteiger partial charge >= 0.3 is 6.03 Å². The van der Waals surface area contributed by atoms with Crippen LogP contribution >= 0.6 is 0 Å². The van der Waals surface area contributed by atoms with E-state index in [1.165, 1.54) is 0 Å². The van der Waals surface area contributed by atoms with Crippen molar-refractivity contribution in [3.05, 3.63) is 53.5 Å². The van der Waals surface area contributed by atoms with Gasteiger partial charge in [0.1, 0.15) is 5.76 Å². The maximum atomic E-state index is 12.2. The Bertz CT molecular complexity index is 848. The number of amides is 2. The SMILES string of the molecule is Cc1noc(C)c1[C@H](C)CNC(=O)Nc1cccc2cccnc12. The lowest BCUT2D eigenvalue weighted by atomic mass is 10.00. The molecule has 2 heterocycles. The molecule has 0 aliphatic heterocycles. The van der Waals surface area contributed by atoms with Gasteiger partial charge in [0.05, 0.1) is 16.9 Å². The number of urea groups is 1. The molecule has 0 bridgehead atoms. The molecule has 0 saturated carbocycles. The third-order valence-corrected chi connectivity index (χ3v) is 4.03. The maximum absolute atomic E-state index is 12.2. The van der Waals surface area contributed by atoms with Crippen LogP contribution in [0.1, 0.15) is 29.9 Å². The van der Waals surface area contributed by atoms with Gasteiger partial charge in [0.2, 0.25) is 0 Å². The molecule has 24 heavy (non-hydrogen) atoms. The number of benzene rings is 1. The van der Waals surface area contributed by atoms with Crippen LogP contribution < -0.4 is 10.6 Å². The number of pyridine rings is 1. The van der Waals surface area contributed by atoms with Crippen LogP contribution in [0.4, 0.5) is 10.5 Å². The van der Waals surface area contributed by atoms with Crippen molar-refractivity contribution in [1.82, 2.24) is 15.5 Å². The third-order valence-electron chi connectivity index (χ3n) is 4.03. The number of rotatable bonds is 4. The first-order valence-corrected chi connectivity index (χ1v) is 7.87. The van der Waals surface area contributed by atoms with E-state index in [4.69, 9.17) is 4.52 Å². The average molecular weight is 324 g/mol. The Kier molecular flexibility index (Phi) is 4.46. The van der Waals surface area contributed by atoms with Crippen LogP contribution in [0.15, 0.2) is 41.1 Å². The zero-order chi connectivity index (χ0) is 17.1. The second-order valence-electron chi connectivity index (χ2n) is 5.85. The van der Waals surface area contributed by atoms with Crippen LogP contribution in [0.25, 0.3) is 10.9 Å². The molecule has 0 spiro atoms. The molecule has 3 rings (SSSR count). The maximum Gasteiger partial charge on any atom is 0.319 e. The molecule has 0 unspecified atom stereocenters. The smallest absolute Gasteiger partial charge is 0.319 e. The molecule has 6 heteroatoms. The molecule has 124 valence electrons. The predicted molar refractivity (Wildman–Crippen MR) is 93.2 cm³/mol. The predicted octanol–water partition coefficient (Wildman–Crippen LogP) is 3.76. The fourth-order valence-corrected chi connectivity index (χ4v) is 2.91. The van der Waals surface area contributed by atoms with Crippen molar-refractivity contribution >= 4 is 22.6 Å². The third kappa shape index (κ3) is 3.22. The quantitative estimate of drug-likeness (QED) is 0.765. The molecular formula is C18H20N4O2. The highest BCUT2D eigenvalue weighted by Gasteiger charge is 2.17. The van der Waals surface area contributed by atoms with Gasteiger partial charge in [0.25, 0.3) is 0 Å². The average Bonchev–Trinajstić information content (AvgIpc) is 2.92. The van der Waals surface area contributed by atoms with Gasteiger partial charge in [-0.3, -0.25) is 4.98 Å². The number of nitrogens with zero attached hydrogens (tertiary/aromatic N) is 2.